The minimum atomic E-state index is -3.09. The van der Waals surface area contributed by atoms with Gasteiger partial charge in [-0.25, -0.2) is 9.18 Å². The van der Waals surface area contributed by atoms with Crippen LogP contribution in [-0.4, -0.2) is 19.2 Å². The van der Waals surface area contributed by atoms with E-state index < -0.39 is 24.0 Å². The van der Waals surface area contributed by atoms with E-state index >= 15 is 0 Å². The van der Waals surface area contributed by atoms with Crippen LogP contribution in [0.4, 0.5) is 13.2 Å². The number of rotatable bonds is 5. The molecule has 1 rings (SSSR count). The van der Waals surface area contributed by atoms with Gasteiger partial charge in [-0.05, 0) is 19.1 Å². The Hall–Kier alpha value is -1.43. The highest BCUT2D eigenvalue weighted by Gasteiger charge is 2.19. The maximum absolute atomic E-state index is 13.5. The molecule has 0 unspecified atom stereocenters. The van der Waals surface area contributed by atoms with E-state index in [9.17, 15) is 18.0 Å². The van der Waals surface area contributed by atoms with Crippen molar-refractivity contribution in [1.82, 2.24) is 0 Å². The van der Waals surface area contributed by atoms with Crippen molar-refractivity contribution >= 4 is 17.6 Å². The van der Waals surface area contributed by atoms with Gasteiger partial charge in [0, 0.05) is 5.56 Å². The van der Waals surface area contributed by atoms with Crippen molar-refractivity contribution in [2.24, 2.45) is 0 Å². The number of hydrogen-bond donors (Lipinski definition) is 0. The summed E-state index contributed by atoms with van der Waals surface area (Å²) in [5.74, 6) is -2.41. The number of carbonyl (C=O) groups is 1. The fourth-order valence-corrected chi connectivity index (χ4v) is 1.48. The third-order valence-corrected chi connectivity index (χ3v) is 2.29. The molecule has 0 amide bonds. The third kappa shape index (κ3) is 3.53. The highest BCUT2D eigenvalue weighted by atomic mass is 35.5. The van der Waals surface area contributed by atoms with Gasteiger partial charge >= 0.3 is 12.6 Å². The Morgan fingerprint density at radius 2 is 2.11 bits per heavy atom. The highest BCUT2D eigenvalue weighted by Crippen LogP contribution is 2.26. The number of ether oxygens (including phenoxy) is 2. The molecule has 0 spiro atoms. The Balaban J connectivity index is 3.16. The minimum absolute atomic E-state index is 0.0301. The van der Waals surface area contributed by atoms with E-state index in [2.05, 4.69) is 9.47 Å². The summed E-state index contributed by atoms with van der Waals surface area (Å²) in [5, 5.41) is 0. The third-order valence-electron chi connectivity index (χ3n) is 2.01. The van der Waals surface area contributed by atoms with Crippen molar-refractivity contribution in [3.63, 3.8) is 0 Å². The molecule has 0 heterocycles. The van der Waals surface area contributed by atoms with Gasteiger partial charge in [0.2, 0.25) is 0 Å². The normalized spacial score (nSPS) is 10.6. The molecule has 0 aliphatic rings. The van der Waals surface area contributed by atoms with E-state index in [1.54, 1.807) is 6.92 Å². The van der Waals surface area contributed by atoms with Crippen LogP contribution in [0.3, 0.4) is 0 Å². The molecular weight excluding hydrogens is 273 g/mol. The molecule has 0 atom stereocenters. The van der Waals surface area contributed by atoms with Crippen molar-refractivity contribution in [1.29, 1.82) is 0 Å². The van der Waals surface area contributed by atoms with Crippen molar-refractivity contribution in [3.05, 3.63) is 29.1 Å². The number of benzene rings is 1. The minimum Gasteiger partial charge on any atom is -0.462 e. The summed E-state index contributed by atoms with van der Waals surface area (Å²) in [7, 11) is 0. The lowest BCUT2D eigenvalue weighted by Crippen LogP contribution is -2.10. The topological polar surface area (TPSA) is 35.5 Å². The first-order chi connectivity index (χ1) is 8.49. The van der Waals surface area contributed by atoms with Crippen LogP contribution >= 0.6 is 11.6 Å². The predicted molar refractivity (Wildman–Crippen MR) is 58.5 cm³/mol. The molecule has 0 N–H and O–H groups in total. The number of carbonyl (C=O) groups excluding carboxylic acids is 1. The lowest BCUT2D eigenvalue weighted by atomic mass is 10.1. The van der Waals surface area contributed by atoms with Crippen LogP contribution in [0.25, 0.3) is 0 Å². The quantitative estimate of drug-likeness (QED) is 0.614. The Bertz CT molecular complexity index is 438. The number of alkyl halides is 3. The first-order valence-corrected chi connectivity index (χ1v) is 5.53. The van der Waals surface area contributed by atoms with Crippen molar-refractivity contribution < 1.29 is 27.4 Å². The van der Waals surface area contributed by atoms with Crippen molar-refractivity contribution in [2.45, 2.75) is 19.4 Å². The molecule has 0 bridgehead atoms. The van der Waals surface area contributed by atoms with Gasteiger partial charge in [-0.2, -0.15) is 8.78 Å². The number of halogens is 4. The van der Waals surface area contributed by atoms with Gasteiger partial charge in [0.15, 0.2) is 0 Å². The van der Waals surface area contributed by atoms with E-state index in [1.807, 2.05) is 0 Å². The number of esters is 1. The molecule has 0 saturated carbocycles. The van der Waals surface area contributed by atoms with Crippen LogP contribution in [0.15, 0.2) is 12.1 Å². The zero-order valence-electron chi connectivity index (χ0n) is 9.38. The molecule has 18 heavy (non-hydrogen) atoms. The molecule has 0 fully saturated rings. The first kappa shape index (κ1) is 14.6. The molecule has 0 aliphatic heterocycles. The van der Waals surface area contributed by atoms with Crippen LogP contribution in [0.1, 0.15) is 22.8 Å². The second kappa shape index (κ2) is 6.49. The standard InChI is InChI=1S/C11H10ClF3O3/c1-2-17-10(16)7-4-9(18-11(14)15)6(5-12)3-8(7)13/h3-4,11H,2,5H2,1H3. The fourth-order valence-electron chi connectivity index (χ4n) is 1.27. The Morgan fingerprint density at radius 1 is 1.44 bits per heavy atom. The van der Waals surface area contributed by atoms with Crippen LogP contribution < -0.4 is 4.74 Å². The van der Waals surface area contributed by atoms with E-state index in [1.165, 1.54) is 0 Å². The molecule has 1 aromatic rings. The summed E-state index contributed by atoms with van der Waals surface area (Å²) >= 11 is 5.47. The van der Waals surface area contributed by atoms with Crippen LogP contribution in [0, 0.1) is 5.82 Å². The first-order valence-electron chi connectivity index (χ1n) is 4.99. The number of hydrogen-bond acceptors (Lipinski definition) is 3. The van der Waals surface area contributed by atoms with Gasteiger partial charge in [-0.3, -0.25) is 0 Å². The molecular formula is C11H10ClF3O3. The SMILES string of the molecule is CCOC(=O)c1cc(OC(F)F)c(CCl)cc1F. The van der Waals surface area contributed by atoms with E-state index in [4.69, 9.17) is 11.6 Å². The van der Waals surface area contributed by atoms with Gasteiger partial charge < -0.3 is 9.47 Å². The van der Waals surface area contributed by atoms with Crippen molar-refractivity contribution in [2.75, 3.05) is 6.61 Å². The van der Waals surface area contributed by atoms with Crippen molar-refractivity contribution in [3.8, 4) is 5.75 Å². The molecule has 0 saturated heterocycles. The Kier molecular flexibility index (Phi) is 5.27. The molecule has 3 nitrogen and oxygen atoms in total. The summed E-state index contributed by atoms with van der Waals surface area (Å²) in [6, 6.07) is 1.73. The molecule has 0 aliphatic carbocycles. The molecule has 7 heteroatoms. The lowest BCUT2D eigenvalue weighted by molar-refractivity contribution is -0.0504. The molecule has 100 valence electrons. The zero-order chi connectivity index (χ0) is 13.7. The summed E-state index contributed by atoms with van der Waals surface area (Å²) in [4.78, 5) is 11.4. The second-order valence-corrected chi connectivity index (χ2v) is 3.44. The van der Waals surface area contributed by atoms with Gasteiger partial charge in [-0.1, -0.05) is 0 Å². The Labute approximate surface area is 106 Å². The largest absolute Gasteiger partial charge is 0.462 e. The molecule has 0 radical (unpaired) electrons. The van der Waals surface area contributed by atoms with E-state index in [-0.39, 0.29) is 23.8 Å². The van der Waals surface area contributed by atoms with Crippen LogP contribution in [0.5, 0.6) is 5.75 Å². The zero-order valence-corrected chi connectivity index (χ0v) is 10.1. The summed E-state index contributed by atoms with van der Waals surface area (Å²) in [5.41, 5.74) is -0.441. The van der Waals surface area contributed by atoms with Gasteiger partial charge in [0.25, 0.3) is 0 Å². The summed E-state index contributed by atoms with van der Waals surface area (Å²) in [6.45, 7) is -1.51. The maximum Gasteiger partial charge on any atom is 0.387 e. The van der Waals surface area contributed by atoms with Crippen LogP contribution in [-0.2, 0) is 10.6 Å². The molecule has 1 aromatic carbocycles. The van der Waals surface area contributed by atoms with E-state index in [0.717, 1.165) is 12.1 Å². The lowest BCUT2D eigenvalue weighted by Gasteiger charge is -2.11. The van der Waals surface area contributed by atoms with E-state index in [0.29, 0.717) is 0 Å². The smallest absolute Gasteiger partial charge is 0.387 e. The van der Waals surface area contributed by atoms with Gasteiger partial charge in [0.05, 0.1) is 18.1 Å². The maximum atomic E-state index is 13.5. The monoisotopic (exact) mass is 282 g/mol. The second-order valence-electron chi connectivity index (χ2n) is 3.17. The Morgan fingerprint density at radius 3 is 2.61 bits per heavy atom. The summed E-state index contributed by atoms with van der Waals surface area (Å²) < 4.78 is 46.6. The van der Waals surface area contributed by atoms with Gasteiger partial charge in [-0.15, -0.1) is 11.6 Å². The van der Waals surface area contributed by atoms with Gasteiger partial charge in [0.1, 0.15) is 11.6 Å². The fraction of sp³-hybridized carbons (Fsp3) is 0.364. The summed E-state index contributed by atoms with van der Waals surface area (Å²) in [6.07, 6.45) is 0. The predicted octanol–water partition coefficient (Wildman–Crippen LogP) is 3.34. The average molecular weight is 283 g/mol. The van der Waals surface area contributed by atoms with Crippen LogP contribution in [0.2, 0.25) is 0 Å². The average Bonchev–Trinajstić information content (AvgIpc) is 2.30. The highest BCUT2D eigenvalue weighted by molar-refractivity contribution is 6.17. The molecule has 0 aromatic heterocycles.